The molecule has 2 amide bonds. The third-order valence-electron chi connectivity index (χ3n) is 3.28. The lowest BCUT2D eigenvalue weighted by molar-refractivity contribution is -0.115. The molecule has 0 aliphatic carbocycles. The highest BCUT2D eigenvalue weighted by molar-refractivity contribution is 5.93. The molecule has 0 atom stereocenters. The maximum Gasteiger partial charge on any atom is 0.411 e. The third kappa shape index (κ3) is 6.63. The zero-order valence-electron chi connectivity index (χ0n) is 14.7. The van der Waals surface area contributed by atoms with E-state index in [0.717, 1.165) is 11.3 Å². The molecule has 6 heteroatoms. The van der Waals surface area contributed by atoms with Crippen LogP contribution in [-0.4, -0.2) is 23.6 Å². The summed E-state index contributed by atoms with van der Waals surface area (Å²) in [5.74, 6) is 0.123. The quantitative estimate of drug-likeness (QED) is 0.838. The number of ether oxygens (including phenoxy) is 1. The van der Waals surface area contributed by atoms with Crippen molar-refractivity contribution in [3.63, 3.8) is 0 Å². The van der Waals surface area contributed by atoms with Gasteiger partial charge in [0.15, 0.2) is 0 Å². The zero-order chi connectivity index (χ0) is 18.2. The second-order valence-corrected chi connectivity index (χ2v) is 6.23. The van der Waals surface area contributed by atoms with Crippen molar-refractivity contribution < 1.29 is 14.3 Å². The third-order valence-corrected chi connectivity index (χ3v) is 3.28. The molecule has 0 aliphatic heterocycles. The Balaban J connectivity index is 1.90. The molecule has 132 valence electrons. The van der Waals surface area contributed by atoms with Crippen molar-refractivity contribution in [3.05, 3.63) is 53.9 Å². The Bertz CT molecular complexity index is 727. The molecule has 0 aliphatic rings. The van der Waals surface area contributed by atoms with Crippen LogP contribution in [0.4, 0.5) is 16.2 Å². The summed E-state index contributed by atoms with van der Waals surface area (Å²) in [4.78, 5) is 28.0. The van der Waals surface area contributed by atoms with Gasteiger partial charge in [0.2, 0.25) is 5.91 Å². The van der Waals surface area contributed by atoms with Crippen LogP contribution >= 0.6 is 0 Å². The van der Waals surface area contributed by atoms with Gasteiger partial charge < -0.3 is 10.1 Å². The number of aryl methyl sites for hydroxylation is 1. The van der Waals surface area contributed by atoms with E-state index in [1.54, 1.807) is 30.5 Å². The summed E-state index contributed by atoms with van der Waals surface area (Å²) in [6, 6.07) is 10.7. The van der Waals surface area contributed by atoms with E-state index < -0.39 is 6.09 Å². The number of amides is 2. The Kier molecular flexibility index (Phi) is 6.51. The minimum absolute atomic E-state index is 0.148. The van der Waals surface area contributed by atoms with E-state index in [0.29, 0.717) is 18.0 Å². The first-order valence-corrected chi connectivity index (χ1v) is 8.17. The Labute approximate surface area is 147 Å². The number of hydrogen-bond donors (Lipinski definition) is 2. The highest BCUT2D eigenvalue weighted by Gasteiger charge is 2.07. The predicted molar refractivity (Wildman–Crippen MR) is 97.6 cm³/mol. The number of nitrogens with zero attached hydrogens (tertiary/aromatic N) is 1. The lowest BCUT2D eigenvalue weighted by Gasteiger charge is -2.10. The van der Waals surface area contributed by atoms with Crippen molar-refractivity contribution in [1.29, 1.82) is 0 Å². The fourth-order valence-corrected chi connectivity index (χ4v) is 2.06. The van der Waals surface area contributed by atoms with Gasteiger partial charge >= 0.3 is 6.09 Å². The molecule has 0 unspecified atom stereocenters. The Hall–Kier alpha value is -2.89. The molecule has 1 heterocycles. The first-order valence-electron chi connectivity index (χ1n) is 8.17. The van der Waals surface area contributed by atoms with E-state index in [1.807, 2.05) is 32.9 Å². The van der Waals surface area contributed by atoms with Gasteiger partial charge in [0, 0.05) is 23.3 Å². The van der Waals surface area contributed by atoms with Gasteiger partial charge in [0.25, 0.3) is 0 Å². The SMILES string of the molecule is Cc1ccc(CC(=O)Nc2cccc(NC(=O)OCC(C)C)c2)cn1. The molecule has 0 bridgehead atoms. The molecular formula is C19H23N3O3. The van der Waals surface area contributed by atoms with Crippen LogP contribution in [0.1, 0.15) is 25.1 Å². The van der Waals surface area contributed by atoms with E-state index in [1.165, 1.54) is 0 Å². The van der Waals surface area contributed by atoms with Gasteiger partial charge in [-0.3, -0.25) is 15.1 Å². The molecule has 0 saturated carbocycles. The maximum absolute atomic E-state index is 12.1. The summed E-state index contributed by atoms with van der Waals surface area (Å²) in [6.45, 7) is 6.18. The largest absolute Gasteiger partial charge is 0.449 e. The lowest BCUT2D eigenvalue weighted by Crippen LogP contribution is -2.17. The molecular weight excluding hydrogens is 318 g/mol. The van der Waals surface area contributed by atoms with E-state index in [4.69, 9.17) is 4.74 Å². The van der Waals surface area contributed by atoms with E-state index >= 15 is 0 Å². The van der Waals surface area contributed by atoms with Crippen molar-refractivity contribution in [2.75, 3.05) is 17.2 Å². The summed E-state index contributed by atoms with van der Waals surface area (Å²) in [6.07, 6.45) is 1.42. The van der Waals surface area contributed by atoms with Crippen LogP contribution in [0.2, 0.25) is 0 Å². The van der Waals surface area contributed by atoms with Crippen LogP contribution < -0.4 is 10.6 Å². The molecule has 2 aromatic rings. The molecule has 0 saturated heterocycles. The predicted octanol–water partition coefficient (Wildman–Crippen LogP) is 3.78. The van der Waals surface area contributed by atoms with Crippen molar-refractivity contribution in [2.24, 2.45) is 5.92 Å². The summed E-state index contributed by atoms with van der Waals surface area (Å²) in [5.41, 5.74) is 2.91. The smallest absolute Gasteiger partial charge is 0.411 e. The van der Waals surface area contributed by atoms with E-state index in [9.17, 15) is 9.59 Å². The number of carbonyl (C=O) groups excluding carboxylic acids is 2. The standard InChI is InChI=1S/C19H23N3O3/c1-13(2)12-25-19(24)22-17-6-4-5-16(10-17)21-18(23)9-15-8-7-14(3)20-11-15/h4-8,10-11,13H,9,12H2,1-3H3,(H,21,23)(H,22,24). The highest BCUT2D eigenvalue weighted by atomic mass is 16.5. The van der Waals surface area contributed by atoms with Crippen LogP contribution in [0.5, 0.6) is 0 Å². The van der Waals surface area contributed by atoms with Gasteiger partial charge in [0.05, 0.1) is 13.0 Å². The van der Waals surface area contributed by atoms with Crippen LogP contribution in [0.15, 0.2) is 42.6 Å². The van der Waals surface area contributed by atoms with E-state index in [2.05, 4.69) is 15.6 Å². The van der Waals surface area contributed by atoms with Gasteiger partial charge in [-0.15, -0.1) is 0 Å². The molecule has 6 nitrogen and oxygen atoms in total. The highest BCUT2D eigenvalue weighted by Crippen LogP contribution is 2.16. The second kappa shape index (κ2) is 8.82. The molecule has 25 heavy (non-hydrogen) atoms. The number of hydrogen-bond acceptors (Lipinski definition) is 4. The van der Waals surface area contributed by atoms with Gasteiger partial charge in [-0.25, -0.2) is 4.79 Å². The van der Waals surface area contributed by atoms with Crippen molar-refractivity contribution in [1.82, 2.24) is 4.98 Å². The molecule has 1 aromatic carbocycles. The average molecular weight is 341 g/mol. The Morgan fingerprint density at radius 3 is 2.48 bits per heavy atom. The summed E-state index contributed by atoms with van der Waals surface area (Å²) in [7, 11) is 0. The number of anilines is 2. The molecule has 0 radical (unpaired) electrons. The summed E-state index contributed by atoms with van der Waals surface area (Å²) in [5, 5.41) is 5.45. The number of rotatable bonds is 6. The first-order chi connectivity index (χ1) is 11.9. The van der Waals surface area contributed by atoms with Crippen LogP contribution in [-0.2, 0) is 16.0 Å². The number of aromatic nitrogens is 1. The Morgan fingerprint density at radius 1 is 1.12 bits per heavy atom. The average Bonchev–Trinajstić information content (AvgIpc) is 2.55. The van der Waals surface area contributed by atoms with Crippen LogP contribution in [0.3, 0.4) is 0 Å². The number of benzene rings is 1. The molecule has 1 aromatic heterocycles. The number of carbonyl (C=O) groups is 2. The minimum Gasteiger partial charge on any atom is -0.449 e. The van der Waals surface area contributed by atoms with Gasteiger partial charge in [-0.2, -0.15) is 0 Å². The van der Waals surface area contributed by atoms with Gasteiger partial charge in [-0.05, 0) is 42.7 Å². The topological polar surface area (TPSA) is 80.3 Å². The second-order valence-electron chi connectivity index (χ2n) is 6.23. The number of pyridine rings is 1. The fraction of sp³-hybridized carbons (Fsp3) is 0.316. The fourth-order valence-electron chi connectivity index (χ4n) is 2.06. The molecule has 2 rings (SSSR count). The Morgan fingerprint density at radius 2 is 1.84 bits per heavy atom. The van der Waals surface area contributed by atoms with Gasteiger partial charge in [0.1, 0.15) is 0 Å². The maximum atomic E-state index is 12.1. The van der Waals surface area contributed by atoms with Crippen molar-refractivity contribution >= 4 is 23.4 Å². The molecule has 0 spiro atoms. The monoisotopic (exact) mass is 341 g/mol. The lowest BCUT2D eigenvalue weighted by atomic mass is 10.2. The zero-order valence-corrected chi connectivity index (χ0v) is 14.7. The minimum atomic E-state index is -0.511. The summed E-state index contributed by atoms with van der Waals surface area (Å²) < 4.78 is 5.07. The molecule has 2 N–H and O–H groups in total. The van der Waals surface area contributed by atoms with Crippen LogP contribution in [0, 0.1) is 12.8 Å². The number of nitrogens with one attached hydrogen (secondary N) is 2. The molecule has 0 fully saturated rings. The van der Waals surface area contributed by atoms with Gasteiger partial charge in [-0.1, -0.05) is 26.0 Å². The van der Waals surface area contributed by atoms with E-state index in [-0.39, 0.29) is 18.2 Å². The van der Waals surface area contributed by atoms with Crippen molar-refractivity contribution in [2.45, 2.75) is 27.2 Å². The van der Waals surface area contributed by atoms with Crippen molar-refractivity contribution in [3.8, 4) is 0 Å². The first kappa shape index (κ1) is 18.4. The normalized spacial score (nSPS) is 10.4. The van der Waals surface area contributed by atoms with Crippen LogP contribution in [0.25, 0.3) is 0 Å². The summed E-state index contributed by atoms with van der Waals surface area (Å²) >= 11 is 0.